The van der Waals surface area contributed by atoms with E-state index in [0.29, 0.717) is 5.92 Å². The van der Waals surface area contributed by atoms with E-state index in [1.54, 1.807) is 20.4 Å². The molecule has 8 heteroatoms. The number of rotatable bonds is 6. The van der Waals surface area contributed by atoms with Crippen LogP contribution in [-0.2, 0) is 15.9 Å². The van der Waals surface area contributed by atoms with Gasteiger partial charge < -0.3 is 19.6 Å². The average Bonchev–Trinajstić information content (AvgIpc) is 2.91. The van der Waals surface area contributed by atoms with Crippen molar-refractivity contribution in [3.8, 4) is 0 Å². The van der Waals surface area contributed by atoms with Gasteiger partial charge in [-0.05, 0) is 23.7 Å². The fourth-order valence-electron chi connectivity index (χ4n) is 2.60. The summed E-state index contributed by atoms with van der Waals surface area (Å²) in [7, 11) is 3.26. The van der Waals surface area contributed by atoms with Crippen molar-refractivity contribution in [3.05, 3.63) is 22.0 Å². The first kappa shape index (κ1) is 14.9. The van der Waals surface area contributed by atoms with Crippen molar-refractivity contribution in [1.29, 1.82) is 0 Å². The van der Waals surface area contributed by atoms with Crippen molar-refractivity contribution in [2.24, 2.45) is 5.92 Å². The highest BCUT2D eigenvalue weighted by atomic mass is 16.7. The summed E-state index contributed by atoms with van der Waals surface area (Å²) in [5.41, 5.74) is 0.755. The first-order valence-corrected chi connectivity index (χ1v) is 6.62. The van der Waals surface area contributed by atoms with Crippen LogP contribution in [0.25, 0.3) is 0 Å². The number of nitrogens with one attached hydrogen (secondary N) is 1. The zero-order chi connectivity index (χ0) is 14.5. The quantitative estimate of drug-likeness (QED) is 0.478. The molecule has 0 saturated carbocycles. The van der Waals surface area contributed by atoms with Gasteiger partial charge in [-0.25, -0.2) is 4.98 Å². The van der Waals surface area contributed by atoms with E-state index in [2.05, 4.69) is 14.9 Å². The second-order valence-electron chi connectivity index (χ2n) is 4.93. The highest BCUT2D eigenvalue weighted by Gasteiger charge is 2.26. The maximum atomic E-state index is 10.6. The Kier molecular flexibility index (Phi) is 5.05. The van der Waals surface area contributed by atoms with E-state index < -0.39 is 4.92 Å². The second-order valence-corrected chi connectivity index (χ2v) is 4.93. The van der Waals surface area contributed by atoms with Crippen LogP contribution in [0, 0.1) is 16.0 Å². The summed E-state index contributed by atoms with van der Waals surface area (Å²) >= 11 is 0. The van der Waals surface area contributed by atoms with Crippen molar-refractivity contribution in [2.75, 3.05) is 27.3 Å². The van der Waals surface area contributed by atoms with E-state index in [-0.39, 0.29) is 12.4 Å². The smallest absolute Gasteiger partial charge is 0.390 e. The third-order valence-corrected chi connectivity index (χ3v) is 3.64. The Morgan fingerprint density at radius 1 is 1.50 bits per heavy atom. The molecule has 1 aromatic heterocycles. The molecular formula is C12H20N4O4. The maximum absolute atomic E-state index is 10.6. The summed E-state index contributed by atoms with van der Waals surface area (Å²) in [5.74, 6) is 0.305. The molecule has 0 aliphatic carbocycles. The molecule has 0 atom stereocenters. The highest BCUT2D eigenvalue weighted by molar-refractivity contribution is 5.11. The lowest BCUT2D eigenvalue weighted by Crippen LogP contribution is -2.43. The number of nitrogens with zero attached hydrogens (tertiary/aromatic N) is 3. The van der Waals surface area contributed by atoms with Crippen LogP contribution < -0.4 is 0 Å². The lowest BCUT2D eigenvalue weighted by atomic mass is 9.92. The third kappa shape index (κ3) is 3.53. The number of ether oxygens (including phenoxy) is 2. The molecule has 2 rings (SSSR count). The molecule has 1 fully saturated rings. The summed E-state index contributed by atoms with van der Waals surface area (Å²) in [5, 5.41) is 10.6. The van der Waals surface area contributed by atoms with Crippen molar-refractivity contribution >= 4 is 5.95 Å². The van der Waals surface area contributed by atoms with E-state index in [0.717, 1.165) is 38.0 Å². The van der Waals surface area contributed by atoms with E-state index >= 15 is 0 Å². The minimum Gasteiger partial charge on any atom is -0.390 e. The van der Waals surface area contributed by atoms with E-state index in [1.807, 2.05) is 0 Å². The van der Waals surface area contributed by atoms with Crippen molar-refractivity contribution < 1.29 is 14.4 Å². The Morgan fingerprint density at radius 3 is 2.65 bits per heavy atom. The minimum atomic E-state index is -0.506. The molecule has 20 heavy (non-hydrogen) atoms. The molecule has 8 nitrogen and oxygen atoms in total. The van der Waals surface area contributed by atoms with Crippen LogP contribution in [0.15, 0.2) is 6.20 Å². The van der Waals surface area contributed by atoms with Crippen LogP contribution in [0.3, 0.4) is 0 Å². The molecule has 0 amide bonds. The van der Waals surface area contributed by atoms with Crippen LogP contribution in [0.5, 0.6) is 0 Å². The van der Waals surface area contributed by atoms with Gasteiger partial charge in [-0.3, -0.25) is 4.90 Å². The van der Waals surface area contributed by atoms with Gasteiger partial charge in [-0.2, -0.15) is 0 Å². The Bertz CT molecular complexity index is 438. The maximum Gasteiger partial charge on any atom is 0.432 e. The summed E-state index contributed by atoms with van der Waals surface area (Å²) < 4.78 is 10.5. The number of nitro groups is 1. The second kappa shape index (κ2) is 6.78. The zero-order valence-electron chi connectivity index (χ0n) is 11.7. The number of imidazole rings is 1. The molecule has 1 saturated heterocycles. The van der Waals surface area contributed by atoms with Gasteiger partial charge in [0.1, 0.15) is 6.20 Å². The van der Waals surface area contributed by atoms with Gasteiger partial charge in [0.05, 0.1) is 0 Å². The topological polar surface area (TPSA) is 93.5 Å². The van der Waals surface area contributed by atoms with Gasteiger partial charge >= 0.3 is 5.95 Å². The Balaban J connectivity index is 1.83. The Morgan fingerprint density at radius 2 is 2.15 bits per heavy atom. The average molecular weight is 284 g/mol. The molecule has 0 aromatic carbocycles. The minimum absolute atomic E-state index is 0.184. The highest BCUT2D eigenvalue weighted by Crippen LogP contribution is 2.23. The van der Waals surface area contributed by atoms with Crippen molar-refractivity contribution in [2.45, 2.75) is 25.7 Å². The summed E-state index contributed by atoms with van der Waals surface area (Å²) in [4.78, 5) is 18.8. The zero-order valence-corrected chi connectivity index (χ0v) is 11.7. The van der Waals surface area contributed by atoms with Gasteiger partial charge in [0.15, 0.2) is 5.69 Å². The van der Waals surface area contributed by atoms with Crippen LogP contribution in [0.1, 0.15) is 18.5 Å². The molecule has 0 spiro atoms. The molecule has 2 heterocycles. The van der Waals surface area contributed by atoms with Crippen molar-refractivity contribution in [3.63, 3.8) is 0 Å². The Labute approximate surface area is 117 Å². The lowest BCUT2D eigenvalue weighted by Gasteiger charge is -2.35. The van der Waals surface area contributed by atoms with Crippen LogP contribution in [0.4, 0.5) is 5.95 Å². The Hall–Kier alpha value is -1.51. The van der Waals surface area contributed by atoms with Crippen LogP contribution in [-0.4, -0.2) is 53.5 Å². The SMILES string of the molecule is COC(OC)N1CCC(Cc2c[nH]c([N+](=O)[O-])n2)CC1. The normalized spacial score (nSPS) is 17.8. The molecule has 1 aromatic rings. The van der Waals surface area contributed by atoms with Crippen LogP contribution in [0.2, 0.25) is 0 Å². The first-order chi connectivity index (χ1) is 9.63. The first-order valence-electron chi connectivity index (χ1n) is 6.62. The lowest BCUT2D eigenvalue weighted by molar-refractivity contribution is -0.393. The van der Waals surface area contributed by atoms with E-state index in [4.69, 9.17) is 9.47 Å². The number of aromatic nitrogens is 2. The van der Waals surface area contributed by atoms with Crippen molar-refractivity contribution in [1.82, 2.24) is 14.9 Å². The number of H-pyrrole nitrogens is 1. The number of piperidine rings is 1. The molecular weight excluding hydrogens is 264 g/mol. The summed E-state index contributed by atoms with van der Waals surface area (Å²) in [6.45, 7) is 1.78. The fourth-order valence-corrected chi connectivity index (χ4v) is 2.60. The predicted octanol–water partition coefficient (Wildman–Crippen LogP) is 1.15. The predicted molar refractivity (Wildman–Crippen MR) is 71.0 cm³/mol. The summed E-state index contributed by atoms with van der Waals surface area (Å²) in [6, 6.07) is 0. The molecule has 112 valence electrons. The van der Waals surface area contributed by atoms with E-state index in [1.165, 1.54) is 0 Å². The van der Waals surface area contributed by atoms with Gasteiger partial charge in [-0.1, -0.05) is 4.98 Å². The molecule has 1 aliphatic rings. The molecule has 1 aliphatic heterocycles. The monoisotopic (exact) mass is 284 g/mol. The molecule has 0 bridgehead atoms. The number of likely N-dealkylation sites (tertiary alicyclic amines) is 1. The van der Waals surface area contributed by atoms with Crippen LogP contribution >= 0.6 is 0 Å². The number of methoxy groups -OCH3 is 2. The molecule has 1 N–H and O–H groups in total. The number of hydrogen-bond acceptors (Lipinski definition) is 6. The van der Waals surface area contributed by atoms with Gasteiger partial charge in [0.25, 0.3) is 0 Å². The largest absolute Gasteiger partial charge is 0.432 e. The van der Waals surface area contributed by atoms with Gasteiger partial charge in [0.2, 0.25) is 6.41 Å². The third-order valence-electron chi connectivity index (χ3n) is 3.64. The van der Waals surface area contributed by atoms with E-state index in [9.17, 15) is 10.1 Å². The fraction of sp³-hybridized carbons (Fsp3) is 0.750. The summed E-state index contributed by atoms with van der Waals surface area (Å²) in [6.07, 6.45) is 4.11. The molecule has 0 radical (unpaired) electrons. The number of hydrogen-bond donors (Lipinski definition) is 1. The standard InChI is InChI=1S/C12H20N4O4/c1-19-12(20-2)15-5-3-9(4-6-15)7-10-8-13-11(14-10)16(17)18/h8-9,12H,3-7H2,1-2H3,(H,13,14). The molecule has 0 unspecified atom stereocenters. The van der Waals surface area contributed by atoms with Gasteiger partial charge in [0, 0.05) is 33.7 Å². The van der Waals surface area contributed by atoms with Gasteiger partial charge in [-0.15, -0.1) is 0 Å². The number of aromatic amines is 1.